The molecule has 206 valence electrons. The van der Waals surface area contributed by atoms with Gasteiger partial charge in [0.1, 0.15) is 11.2 Å². The maximum atomic E-state index is 6.11. The van der Waals surface area contributed by atoms with E-state index in [4.69, 9.17) is 19.4 Å². The largest absolute Gasteiger partial charge is 0.456 e. The highest BCUT2D eigenvalue weighted by molar-refractivity contribution is 6.13. The molecular weight excluding hydrogens is 540 g/mol. The zero-order valence-electron chi connectivity index (χ0n) is 23.6. The number of para-hydroxylation sites is 3. The van der Waals surface area contributed by atoms with Gasteiger partial charge in [-0.3, -0.25) is 4.57 Å². The summed E-state index contributed by atoms with van der Waals surface area (Å²) in [5.74, 6) is 1.79. The molecule has 0 bridgehead atoms. The van der Waals surface area contributed by atoms with E-state index in [1.165, 1.54) is 0 Å². The zero-order valence-corrected chi connectivity index (χ0v) is 23.6. The van der Waals surface area contributed by atoms with E-state index < -0.39 is 0 Å². The Bertz CT molecular complexity index is 2490. The molecule has 0 spiro atoms. The fourth-order valence-electron chi connectivity index (χ4n) is 6.25. The van der Waals surface area contributed by atoms with Gasteiger partial charge in [0, 0.05) is 38.2 Å². The van der Waals surface area contributed by atoms with Crippen molar-refractivity contribution in [3.05, 3.63) is 146 Å². The van der Waals surface area contributed by atoms with E-state index in [0.717, 1.165) is 66.0 Å². The maximum Gasteiger partial charge on any atom is 0.238 e. The van der Waals surface area contributed by atoms with Crippen LogP contribution in [-0.2, 0) is 0 Å². The van der Waals surface area contributed by atoms with Crippen LogP contribution in [0, 0.1) is 0 Å². The summed E-state index contributed by atoms with van der Waals surface area (Å²) in [7, 11) is 0. The molecule has 0 aliphatic carbocycles. The van der Waals surface area contributed by atoms with E-state index in [0.29, 0.717) is 17.6 Å². The molecule has 3 aromatic heterocycles. The summed E-state index contributed by atoms with van der Waals surface area (Å²) >= 11 is 0. The van der Waals surface area contributed by atoms with Gasteiger partial charge in [0.05, 0.1) is 11.0 Å². The standard InChI is InChI=1S/C39H24N4O/c1-3-12-25(13-4-1)28-18-11-19-31-29-16-7-9-20-33(29)43(36(28)31)39-41-37(26-14-5-2-6-15-26)40-38(42-39)27-22-23-35-32(24-27)30-17-8-10-21-34(30)44-35/h1-24H. The number of hydrogen-bond acceptors (Lipinski definition) is 4. The summed E-state index contributed by atoms with van der Waals surface area (Å²) in [6.07, 6.45) is 0. The van der Waals surface area contributed by atoms with E-state index in [1.54, 1.807) is 0 Å². The third-order valence-corrected chi connectivity index (χ3v) is 8.27. The molecule has 6 aromatic carbocycles. The van der Waals surface area contributed by atoms with Gasteiger partial charge in [-0.25, -0.2) is 4.98 Å². The number of nitrogens with zero attached hydrogens (tertiary/aromatic N) is 4. The number of benzene rings is 6. The number of aromatic nitrogens is 4. The van der Waals surface area contributed by atoms with E-state index in [2.05, 4.69) is 83.4 Å². The van der Waals surface area contributed by atoms with Crippen LogP contribution in [0.1, 0.15) is 0 Å². The molecule has 5 nitrogen and oxygen atoms in total. The Morgan fingerprint density at radius 2 is 1.07 bits per heavy atom. The highest BCUT2D eigenvalue weighted by Crippen LogP contribution is 2.38. The van der Waals surface area contributed by atoms with Crippen molar-refractivity contribution in [2.24, 2.45) is 0 Å². The Morgan fingerprint density at radius 1 is 0.432 bits per heavy atom. The van der Waals surface area contributed by atoms with Crippen LogP contribution in [0.5, 0.6) is 0 Å². The SMILES string of the molecule is c1ccc(-c2nc(-c3ccc4oc5ccccc5c4c3)nc(-n3c4ccccc4c4cccc(-c5ccccc5)c43)n2)cc1. The minimum atomic E-state index is 0.570. The maximum absolute atomic E-state index is 6.11. The molecule has 0 unspecified atom stereocenters. The first kappa shape index (κ1) is 24.5. The number of hydrogen-bond donors (Lipinski definition) is 0. The Balaban J connectivity index is 1.36. The first-order chi connectivity index (χ1) is 21.8. The lowest BCUT2D eigenvalue weighted by Crippen LogP contribution is -2.07. The van der Waals surface area contributed by atoms with Crippen LogP contribution in [0.3, 0.4) is 0 Å². The summed E-state index contributed by atoms with van der Waals surface area (Å²) in [4.78, 5) is 15.3. The molecule has 5 heteroatoms. The van der Waals surface area contributed by atoms with E-state index in [1.807, 2.05) is 66.7 Å². The van der Waals surface area contributed by atoms with Gasteiger partial charge in [-0.15, -0.1) is 0 Å². The van der Waals surface area contributed by atoms with Gasteiger partial charge in [-0.2, -0.15) is 9.97 Å². The lowest BCUT2D eigenvalue weighted by molar-refractivity contribution is 0.669. The van der Waals surface area contributed by atoms with Crippen LogP contribution in [-0.4, -0.2) is 19.5 Å². The second-order valence-corrected chi connectivity index (χ2v) is 10.9. The molecule has 0 N–H and O–H groups in total. The second-order valence-electron chi connectivity index (χ2n) is 10.9. The quantitative estimate of drug-likeness (QED) is 0.213. The Labute approximate surface area is 252 Å². The summed E-state index contributed by atoms with van der Waals surface area (Å²) < 4.78 is 8.30. The van der Waals surface area contributed by atoms with E-state index in [9.17, 15) is 0 Å². The lowest BCUT2D eigenvalue weighted by atomic mass is 10.0. The summed E-state index contributed by atoms with van der Waals surface area (Å²) in [5, 5.41) is 4.40. The second kappa shape index (κ2) is 9.75. The van der Waals surface area contributed by atoms with Crippen LogP contribution in [0.15, 0.2) is 150 Å². The van der Waals surface area contributed by atoms with Gasteiger partial charge >= 0.3 is 0 Å². The first-order valence-corrected chi connectivity index (χ1v) is 14.6. The fraction of sp³-hybridized carbons (Fsp3) is 0. The smallest absolute Gasteiger partial charge is 0.238 e. The van der Waals surface area contributed by atoms with Crippen molar-refractivity contribution in [3.8, 4) is 39.9 Å². The molecule has 0 radical (unpaired) electrons. The Hall–Kier alpha value is -6.07. The minimum Gasteiger partial charge on any atom is -0.456 e. The van der Waals surface area contributed by atoms with E-state index >= 15 is 0 Å². The molecule has 3 heterocycles. The molecule has 44 heavy (non-hydrogen) atoms. The van der Waals surface area contributed by atoms with Crippen LogP contribution in [0.4, 0.5) is 0 Å². The average Bonchev–Trinajstić information content (AvgIpc) is 3.64. The zero-order chi connectivity index (χ0) is 29.0. The van der Waals surface area contributed by atoms with Crippen molar-refractivity contribution in [1.29, 1.82) is 0 Å². The van der Waals surface area contributed by atoms with Crippen molar-refractivity contribution in [1.82, 2.24) is 19.5 Å². The molecule has 0 atom stereocenters. The molecule has 0 aliphatic heterocycles. The number of fused-ring (bicyclic) bond motifs is 6. The van der Waals surface area contributed by atoms with Gasteiger partial charge in [-0.1, -0.05) is 115 Å². The van der Waals surface area contributed by atoms with Crippen LogP contribution in [0.25, 0.3) is 83.6 Å². The topological polar surface area (TPSA) is 56.7 Å². The number of furan rings is 1. The Kier molecular flexibility index (Phi) is 5.43. The molecule has 9 aromatic rings. The van der Waals surface area contributed by atoms with Crippen LogP contribution in [0.2, 0.25) is 0 Å². The predicted octanol–water partition coefficient (Wildman–Crippen LogP) is 9.87. The summed E-state index contributed by atoms with van der Waals surface area (Å²) in [6, 6.07) is 49.8. The third-order valence-electron chi connectivity index (χ3n) is 8.27. The molecule has 9 rings (SSSR count). The van der Waals surface area contributed by atoms with Crippen molar-refractivity contribution in [2.75, 3.05) is 0 Å². The van der Waals surface area contributed by atoms with Crippen molar-refractivity contribution in [2.45, 2.75) is 0 Å². The van der Waals surface area contributed by atoms with Crippen LogP contribution >= 0.6 is 0 Å². The summed E-state index contributed by atoms with van der Waals surface area (Å²) in [5.41, 5.74) is 7.88. The fourth-order valence-corrected chi connectivity index (χ4v) is 6.25. The van der Waals surface area contributed by atoms with Crippen molar-refractivity contribution >= 4 is 43.7 Å². The molecule has 0 amide bonds. The van der Waals surface area contributed by atoms with Crippen LogP contribution < -0.4 is 0 Å². The molecule has 0 saturated carbocycles. The monoisotopic (exact) mass is 564 g/mol. The predicted molar refractivity (Wildman–Crippen MR) is 178 cm³/mol. The molecular formula is C39H24N4O. The first-order valence-electron chi connectivity index (χ1n) is 14.6. The molecule has 0 saturated heterocycles. The van der Waals surface area contributed by atoms with Gasteiger partial charge in [0.2, 0.25) is 5.95 Å². The van der Waals surface area contributed by atoms with Gasteiger partial charge < -0.3 is 4.42 Å². The average molecular weight is 565 g/mol. The lowest BCUT2D eigenvalue weighted by Gasteiger charge is -2.13. The normalized spacial score (nSPS) is 11.6. The van der Waals surface area contributed by atoms with Gasteiger partial charge in [-0.05, 0) is 35.9 Å². The van der Waals surface area contributed by atoms with Crippen molar-refractivity contribution in [3.63, 3.8) is 0 Å². The van der Waals surface area contributed by atoms with Gasteiger partial charge in [0.15, 0.2) is 11.6 Å². The summed E-state index contributed by atoms with van der Waals surface area (Å²) in [6.45, 7) is 0. The Morgan fingerprint density at radius 3 is 1.89 bits per heavy atom. The van der Waals surface area contributed by atoms with Gasteiger partial charge in [0.25, 0.3) is 0 Å². The molecule has 0 fully saturated rings. The minimum absolute atomic E-state index is 0.570. The number of rotatable bonds is 4. The highest BCUT2D eigenvalue weighted by atomic mass is 16.3. The third kappa shape index (κ3) is 3.83. The highest BCUT2D eigenvalue weighted by Gasteiger charge is 2.20. The molecule has 0 aliphatic rings. The van der Waals surface area contributed by atoms with Crippen molar-refractivity contribution < 1.29 is 4.42 Å². The van der Waals surface area contributed by atoms with E-state index in [-0.39, 0.29) is 0 Å².